The van der Waals surface area contributed by atoms with E-state index in [1.165, 1.54) is 36.7 Å². The maximum absolute atomic E-state index is 14.3. The van der Waals surface area contributed by atoms with Crippen molar-refractivity contribution in [2.75, 3.05) is 11.9 Å². The van der Waals surface area contributed by atoms with Crippen molar-refractivity contribution in [1.29, 1.82) is 0 Å². The number of ether oxygens (including phenoxy) is 1. The second kappa shape index (κ2) is 16.3. The Hall–Kier alpha value is -4.14. The normalized spacial score (nSPS) is 14.4. The van der Waals surface area contributed by atoms with E-state index < -0.39 is 23.9 Å². The molecule has 0 radical (unpaired) electrons. The summed E-state index contributed by atoms with van der Waals surface area (Å²) in [6.45, 7) is 1.69. The van der Waals surface area contributed by atoms with Gasteiger partial charge in [-0.25, -0.2) is 10.2 Å². The number of nitrogens with two attached hydrogens (primary N) is 2. The van der Waals surface area contributed by atoms with Crippen LogP contribution in [0.4, 0.5) is 27.6 Å². The monoisotopic (exact) mass is 602 g/mol. The van der Waals surface area contributed by atoms with Crippen molar-refractivity contribution in [2.24, 2.45) is 17.5 Å². The molecule has 6 N–H and O–H groups in total. The van der Waals surface area contributed by atoms with Crippen LogP contribution in [-0.2, 0) is 22.7 Å². The van der Waals surface area contributed by atoms with E-state index >= 15 is 0 Å². The standard InChI is InChI=1S/C18H27F2N5O2.C9H8F3NO2/c1-12(21)10-25(22)11-14(19)6-8-24-9-7-15(16(20)18(24)27)23-17(26)13-4-2-3-5-13;10-9(11,12)15-8-3-1-2-7(4-8)5-13-6-14/h7,9-10,13-14H,2-6,8,11,21-22H2,1H3,(H,23,26);1-4,6H,5H2,(H,13,14)/b12-10-;. The number of rotatable bonds is 12. The van der Waals surface area contributed by atoms with Crippen LogP contribution < -0.4 is 32.5 Å². The summed E-state index contributed by atoms with van der Waals surface area (Å²) in [4.78, 5) is 34.2. The number of hydrazine groups is 1. The molecule has 15 heteroatoms. The van der Waals surface area contributed by atoms with Crippen LogP contribution in [0.15, 0.2) is 53.2 Å². The molecule has 1 unspecified atom stereocenters. The van der Waals surface area contributed by atoms with E-state index in [1.54, 1.807) is 13.0 Å². The topological polar surface area (TPSA) is 145 Å². The third-order valence-electron chi connectivity index (χ3n) is 6.07. The Kier molecular flexibility index (Phi) is 13.3. The van der Waals surface area contributed by atoms with Crippen molar-refractivity contribution in [3.63, 3.8) is 0 Å². The van der Waals surface area contributed by atoms with Crippen molar-refractivity contribution in [1.82, 2.24) is 14.9 Å². The Morgan fingerprint density at radius 3 is 2.57 bits per heavy atom. The Bertz CT molecular complexity index is 1260. The van der Waals surface area contributed by atoms with Crippen molar-refractivity contribution in [3.8, 4) is 5.75 Å². The number of pyridine rings is 1. The van der Waals surface area contributed by atoms with Crippen molar-refractivity contribution >= 4 is 18.0 Å². The number of hydrogen-bond donors (Lipinski definition) is 4. The molecule has 2 aromatic rings. The van der Waals surface area contributed by atoms with E-state index in [0.717, 1.165) is 35.3 Å². The first-order valence-corrected chi connectivity index (χ1v) is 13.1. The van der Waals surface area contributed by atoms with Gasteiger partial charge in [0.2, 0.25) is 18.1 Å². The fourth-order valence-corrected chi connectivity index (χ4v) is 4.17. The molecule has 232 valence electrons. The van der Waals surface area contributed by atoms with Crippen molar-refractivity contribution in [2.45, 2.75) is 64.7 Å². The highest BCUT2D eigenvalue weighted by Crippen LogP contribution is 2.26. The number of carbonyl (C=O) groups excluding carboxylic acids is 2. The molecule has 0 saturated heterocycles. The molecule has 1 aromatic carbocycles. The summed E-state index contributed by atoms with van der Waals surface area (Å²) in [5, 5.41) is 5.95. The lowest BCUT2D eigenvalue weighted by Crippen LogP contribution is -2.34. The van der Waals surface area contributed by atoms with Crippen molar-refractivity contribution < 1.29 is 36.3 Å². The Morgan fingerprint density at radius 2 is 1.95 bits per heavy atom. The number of benzene rings is 1. The van der Waals surface area contributed by atoms with E-state index in [0.29, 0.717) is 17.7 Å². The predicted octanol–water partition coefficient (Wildman–Crippen LogP) is 3.67. The third-order valence-corrected chi connectivity index (χ3v) is 6.07. The predicted molar refractivity (Wildman–Crippen MR) is 146 cm³/mol. The van der Waals surface area contributed by atoms with E-state index in [-0.39, 0.29) is 49.3 Å². The van der Waals surface area contributed by atoms with Crippen LogP contribution in [0.5, 0.6) is 5.75 Å². The molecular formula is C27H35F5N6O4. The van der Waals surface area contributed by atoms with Gasteiger partial charge in [0.05, 0.1) is 12.2 Å². The SMILES string of the molecule is C/C(N)=C/N(N)CC(F)CCn1ccc(NC(=O)C2CCCC2)c(F)c1=O.O=CNCc1cccc(OC(F)(F)F)c1. The Morgan fingerprint density at radius 1 is 1.26 bits per heavy atom. The van der Waals surface area contributed by atoms with E-state index in [4.69, 9.17) is 11.6 Å². The van der Waals surface area contributed by atoms with Crippen LogP contribution in [0.3, 0.4) is 0 Å². The van der Waals surface area contributed by atoms with Gasteiger partial charge in [-0.3, -0.25) is 14.4 Å². The fraction of sp³-hybridized carbons (Fsp3) is 0.444. The van der Waals surface area contributed by atoms with Crippen LogP contribution in [0.25, 0.3) is 0 Å². The number of allylic oxidation sites excluding steroid dienone is 1. The van der Waals surface area contributed by atoms with Gasteiger partial charge in [-0.1, -0.05) is 25.0 Å². The molecule has 1 fully saturated rings. The molecule has 1 heterocycles. The van der Waals surface area contributed by atoms with Gasteiger partial charge in [0.25, 0.3) is 5.56 Å². The van der Waals surface area contributed by atoms with Gasteiger partial charge in [0.1, 0.15) is 11.9 Å². The number of alkyl halides is 4. The van der Waals surface area contributed by atoms with Gasteiger partial charge in [-0.05, 0) is 49.9 Å². The number of hydrogen-bond acceptors (Lipinski definition) is 7. The molecule has 42 heavy (non-hydrogen) atoms. The summed E-state index contributed by atoms with van der Waals surface area (Å²) >= 11 is 0. The average Bonchev–Trinajstić information content (AvgIpc) is 3.44. The summed E-state index contributed by atoms with van der Waals surface area (Å²) in [6, 6.07) is 6.73. The fourth-order valence-electron chi connectivity index (χ4n) is 4.17. The lowest BCUT2D eigenvalue weighted by molar-refractivity contribution is -0.274. The molecule has 1 saturated carbocycles. The minimum atomic E-state index is -4.70. The highest BCUT2D eigenvalue weighted by molar-refractivity contribution is 5.92. The molecule has 0 spiro atoms. The summed E-state index contributed by atoms with van der Waals surface area (Å²) in [6.07, 6.45) is 0.709. The summed E-state index contributed by atoms with van der Waals surface area (Å²) in [5.41, 5.74) is 5.40. The summed E-state index contributed by atoms with van der Waals surface area (Å²) in [7, 11) is 0. The number of nitrogens with one attached hydrogen (secondary N) is 2. The van der Waals surface area contributed by atoms with Gasteiger partial charge >= 0.3 is 6.36 Å². The zero-order chi connectivity index (χ0) is 31.3. The highest BCUT2D eigenvalue weighted by atomic mass is 19.4. The maximum atomic E-state index is 14.3. The minimum Gasteiger partial charge on any atom is -0.406 e. The second-order valence-corrected chi connectivity index (χ2v) is 9.66. The molecule has 2 amide bonds. The van der Waals surface area contributed by atoms with Crippen molar-refractivity contribution in [3.05, 3.63) is 70.2 Å². The number of halogens is 5. The zero-order valence-corrected chi connectivity index (χ0v) is 23.0. The lowest BCUT2D eigenvalue weighted by atomic mass is 10.1. The van der Waals surface area contributed by atoms with Gasteiger partial charge < -0.3 is 30.7 Å². The summed E-state index contributed by atoms with van der Waals surface area (Å²) < 4.78 is 68.6. The third kappa shape index (κ3) is 12.2. The van der Waals surface area contributed by atoms with Crippen LogP contribution in [0.1, 0.15) is 44.6 Å². The van der Waals surface area contributed by atoms with Crippen LogP contribution in [-0.4, -0.2) is 41.0 Å². The lowest BCUT2D eigenvalue weighted by Gasteiger charge is -2.18. The van der Waals surface area contributed by atoms with Crippen LogP contribution in [0, 0.1) is 11.7 Å². The number of nitrogens with zero attached hydrogens (tertiary/aromatic N) is 2. The van der Waals surface area contributed by atoms with Gasteiger partial charge in [0.15, 0.2) is 0 Å². The van der Waals surface area contributed by atoms with Gasteiger partial charge in [-0.15, -0.1) is 13.2 Å². The van der Waals surface area contributed by atoms with E-state index in [1.807, 2.05) is 0 Å². The number of amides is 2. The largest absolute Gasteiger partial charge is 0.573 e. The zero-order valence-electron chi connectivity index (χ0n) is 23.0. The molecule has 0 aliphatic heterocycles. The van der Waals surface area contributed by atoms with Gasteiger partial charge in [-0.2, -0.15) is 4.39 Å². The summed E-state index contributed by atoms with van der Waals surface area (Å²) in [5.74, 6) is 3.85. The molecule has 1 aromatic heterocycles. The first kappa shape index (κ1) is 34.1. The molecule has 10 nitrogen and oxygen atoms in total. The van der Waals surface area contributed by atoms with Gasteiger partial charge in [0, 0.05) is 37.1 Å². The average molecular weight is 603 g/mol. The number of aryl methyl sites for hydroxylation is 1. The quantitative estimate of drug-likeness (QED) is 0.126. The van der Waals surface area contributed by atoms with E-state index in [2.05, 4.69) is 15.4 Å². The van der Waals surface area contributed by atoms with E-state index in [9.17, 15) is 36.3 Å². The molecule has 1 atom stereocenters. The number of aromatic nitrogens is 1. The Balaban J connectivity index is 0.000000347. The second-order valence-electron chi connectivity index (χ2n) is 9.66. The van der Waals surface area contributed by atoms with Crippen LogP contribution in [0.2, 0.25) is 0 Å². The smallest absolute Gasteiger partial charge is 0.406 e. The maximum Gasteiger partial charge on any atom is 0.573 e. The molecule has 0 bridgehead atoms. The Labute approximate surface area is 239 Å². The number of anilines is 1. The number of carbonyl (C=O) groups is 2. The molecule has 3 rings (SSSR count). The minimum absolute atomic E-state index is 0.00701. The molecule has 1 aliphatic carbocycles. The molecular weight excluding hydrogens is 567 g/mol. The first-order chi connectivity index (χ1) is 19.8. The van der Waals surface area contributed by atoms with Crippen LogP contribution >= 0.6 is 0 Å². The highest BCUT2D eigenvalue weighted by Gasteiger charge is 2.31. The first-order valence-electron chi connectivity index (χ1n) is 13.1. The molecule has 1 aliphatic rings.